The van der Waals surface area contributed by atoms with Crippen LogP contribution in [-0.2, 0) is 6.54 Å². The molecule has 0 saturated carbocycles. The molecule has 18 heavy (non-hydrogen) atoms. The third kappa shape index (κ3) is 5.11. The minimum atomic E-state index is 0.426. The minimum Gasteiger partial charge on any atom is -0.493 e. The van der Waals surface area contributed by atoms with Crippen LogP contribution in [0.1, 0.15) is 32.3 Å². The predicted octanol–water partition coefficient (Wildman–Crippen LogP) is 4.18. The molecule has 0 heterocycles. The lowest BCUT2D eigenvalue weighted by molar-refractivity contribution is 0.308. The van der Waals surface area contributed by atoms with Crippen molar-refractivity contribution < 1.29 is 4.74 Å². The molecule has 0 spiro atoms. The summed E-state index contributed by atoms with van der Waals surface area (Å²) in [5, 5.41) is 4.12. The van der Waals surface area contributed by atoms with Gasteiger partial charge in [-0.3, -0.25) is 0 Å². The zero-order valence-corrected chi connectivity index (χ0v) is 12.0. The van der Waals surface area contributed by atoms with Gasteiger partial charge < -0.3 is 10.1 Å². The summed E-state index contributed by atoms with van der Waals surface area (Å²) in [6, 6.07) is 6.21. The smallest absolute Gasteiger partial charge is 0.125 e. The summed E-state index contributed by atoms with van der Waals surface area (Å²) in [6.45, 7) is 9.35. The van der Waals surface area contributed by atoms with E-state index in [9.17, 15) is 0 Å². The predicted molar refractivity (Wildman–Crippen MR) is 78.4 cm³/mol. The maximum Gasteiger partial charge on any atom is 0.125 e. The van der Waals surface area contributed by atoms with E-state index >= 15 is 0 Å². The summed E-state index contributed by atoms with van der Waals surface area (Å²) in [6.07, 6.45) is 3.86. The Morgan fingerprint density at radius 3 is 2.89 bits per heavy atom. The molecule has 0 radical (unpaired) electrons. The van der Waals surface area contributed by atoms with Crippen LogP contribution >= 0.6 is 11.6 Å². The topological polar surface area (TPSA) is 21.3 Å². The van der Waals surface area contributed by atoms with Crippen molar-refractivity contribution in [3.8, 4) is 5.75 Å². The summed E-state index contributed by atoms with van der Waals surface area (Å²) < 4.78 is 5.78. The number of hydrogen-bond donors (Lipinski definition) is 1. The van der Waals surface area contributed by atoms with Crippen LogP contribution in [-0.4, -0.2) is 12.6 Å². The third-order valence-corrected chi connectivity index (χ3v) is 2.93. The molecule has 1 aromatic rings. The van der Waals surface area contributed by atoms with Crippen LogP contribution in [0.15, 0.2) is 30.9 Å². The van der Waals surface area contributed by atoms with E-state index in [4.69, 9.17) is 16.3 Å². The van der Waals surface area contributed by atoms with Crippen molar-refractivity contribution in [3.63, 3.8) is 0 Å². The zero-order chi connectivity index (χ0) is 13.4. The van der Waals surface area contributed by atoms with Gasteiger partial charge in [0, 0.05) is 23.2 Å². The second-order valence-corrected chi connectivity index (χ2v) is 4.94. The molecule has 0 aliphatic rings. The van der Waals surface area contributed by atoms with Gasteiger partial charge >= 0.3 is 0 Å². The van der Waals surface area contributed by atoms with Crippen LogP contribution in [0.4, 0.5) is 0 Å². The zero-order valence-electron chi connectivity index (χ0n) is 11.2. The van der Waals surface area contributed by atoms with Gasteiger partial charge in [-0.25, -0.2) is 0 Å². The molecule has 0 aliphatic heterocycles. The van der Waals surface area contributed by atoms with Gasteiger partial charge in [0.2, 0.25) is 0 Å². The van der Waals surface area contributed by atoms with Crippen molar-refractivity contribution in [2.45, 2.75) is 39.3 Å². The molecule has 2 nitrogen and oxygen atoms in total. The van der Waals surface area contributed by atoms with Crippen molar-refractivity contribution in [2.24, 2.45) is 0 Å². The van der Waals surface area contributed by atoms with Gasteiger partial charge in [0.25, 0.3) is 0 Å². The SMILES string of the molecule is C=CCCCOc1cccc(Cl)c1CNC(C)C. The molecule has 0 fully saturated rings. The number of unbranched alkanes of at least 4 members (excludes halogenated alkanes) is 1. The van der Waals surface area contributed by atoms with Crippen molar-refractivity contribution >= 4 is 11.6 Å². The van der Waals surface area contributed by atoms with Gasteiger partial charge in [-0.2, -0.15) is 0 Å². The van der Waals surface area contributed by atoms with Crippen LogP contribution in [0.5, 0.6) is 5.75 Å². The molecule has 0 atom stereocenters. The number of ether oxygens (including phenoxy) is 1. The first-order valence-corrected chi connectivity index (χ1v) is 6.77. The van der Waals surface area contributed by atoms with Crippen LogP contribution in [0.2, 0.25) is 5.02 Å². The van der Waals surface area contributed by atoms with Gasteiger partial charge in [-0.15, -0.1) is 6.58 Å². The number of allylic oxidation sites excluding steroid dienone is 1. The van der Waals surface area contributed by atoms with Crippen molar-refractivity contribution in [1.29, 1.82) is 0 Å². The summed E-state index contributed by atoms with van der Waals surface area (Å²) >= 11 is 6.22. The lowest BCUT2D eigenvalue weighted by Gasteiger charge is -2.15. The second-order valence-electron chi connectivity index (χ2n) is 4.53. The standard InChI is InChI=1S/C15H22ClNO/c1-4-5-6-10-18-15-9-7-8-14(16)13(15)11-17-12(2)3/h4,7-9,12,17H,1,5-6,10-11H2,2-3H3. The molecule has 1 rings (SSSR count). The second kappa shape index (κ2) is 8.17. The van der Waals surface area contributed by atoms with Gasteiger partial charge in [-0.05, 0) is 25.0 Å². The van der Waals surface area contributed by atoms with E-state index in [1.165, 1.54) is 0 Å². The largest absolute Gasteiger partial charge is 0.493 e. The summed E-state index contributed by atoms with van der Waals surface area (Å²) in [5.74, 6) is 0.875. The van der Waals surface area contributed by atoms with E-state index in [-0.39, 0.29) is 0 Å². The van der Waals surface area contributed by atoms with E-state index in [2.05, 4.69) is 25.7 Å². The molecule has 0 aliphatic carbocycles. The molecule has 0 aromatic heterocycles. The van der Waals surface area contributed by atoms with Crippen molar-refractivity contribution in [1.82, 2.24) is 5.32 Å². The first-order valence-electron chi connectivity index (χ1n) is 6.39. The van der Waals surface area contributed by atoms with Crippen molar-refractivity contribution in [2.75, 3.05) is 6.61 Å². The Balaban J connectivity index is 2.64. The molecule has 0 bridgehead atoms. The first kappa shape index (κ1) is 15.1. The average Bonchev–Trinajstić information content (AvgIpc) is 2.33. The van der Waals surface area contributed by atoms with Gasteiger partial charge in [0.1, 0.15) is 5.75 Å². The highest BCUT2D eigenvalue weighted by Gasteiger charge is 2.08. The fourth-order valence-electron chi connectivity index (χ4n) is 1.56. The van der Waals surface area contributed by atoms with Crippen LogP contribution in [0.25, 0.3) is 0 Å². The quantitative estimate of drug-likeness (QED) is 0.563. The summed E-state index contributed by atoms with van der Waals surface area (Å²) in [7, 11) is 0. The minimum absolute atomic E-state index is 0.426. The lowest BCUT2D eigenvalue weighted by atomic mass is 10.2. The number of rotatable bonds is 8. The van der Waals surface area contributed by atoms with Gasteiger partial charge in [0.15, 0.2) is 0 Å². The van der Waals surface area contributed by atoms with E-state index in [0.717, 1.165) is 35.7 Å². The monoisotopic (exact) mass is 267 g/mol. The first-order chi connectivity index (χ1) is 8.65. The maximum absolute atomic E-state index is 6.22. The number of nitrogens with one attached hydrogen (secondary N) is 1. The maximum atomic E-state index is 6.22. The van der Waals surface area contributed by atoms with E-state index < -0.39 is 0 Å². The number of halogens is 1. The van der Waals surface area contributed by atoms with Crippen LogP contribution in [0, 0.1) is 0 Å². The van der Waals surface area contributed by atoms with E-state index in [0.29, 0.717) is 12.6 Å². The average molecular weight is 268 g/mol. The summed E-state index contributed by atoms with van der Waals surface area (Å²) in [4.78, 5) is 0. The molecule has 1 aromatic carbocycles. The normalized spacial score (nSPS) is 10.7. The molecule has 0 amide bonds. The van der Waals surface area contributed by atoms with E-state index in [1.807, 2.05) is 24.3 Å². The molecule has 1 N–H and O–H groups in total. The molecule has 3 heteroatoms. The van der Waals surface area contributed by atoms with Gasteiger partial charge in [-0.1, -0.05) is 37.6 Å². The Kier molecular flexibility index (Phi) is 6.84. The Bertz CT molecular complexity index is 377. The molecular formula is C15H22ClNO. The highest BCUT2D eigenvalue weighted by atomic mass is 35.5. The molecule has 0 unspecified atom stereocenters. The lowest BCUT2D eigenvalue weighted by Crippen LogP contribution is -2.22. The Morgan fingerprint density at radius 2 is 2.22 bits per heavy atom. The van der Waals surface area contributed by atoms with E-state index in [1.54, 1.807) is 0 Å². The highest BCUT2D eigenvalue weighted by molar-refractivity contribution is 6.31. The van der Waals surface area contributed by atoms with Crippen LogP contribution < -0.4 is 10.1 Å². The Hall–Kier alpha value is -0.990. The highest BCUT2D eigenvalue weighted by Crippen LogP contribution is 2.26. The molecule has 100 valence electrons. The molecule has 0 saturated heterocycles. The fraction of sp³-hybridized carbons (Fsp3) is 0.467. The van der Waals surface area contributed by atoms with Crippen molar-refractivity contribution in [3.05, 3.63) is 41.4 Å². The Labute approximate surface area is 115 Å². The fourth-order valence-corrected chi connectivity index (χ4v) is 1.79. The van der Waals surface area contributed by atoms with Crippen LogP contribution in [0.3, 0.4) is 0 Å². The Morgan fingerprint density at radius 1 is 1.44 bits per heavy atom. The molecular weight excluding hydrogens is 246 g/mol. The van der Waals surface area contributed by atoms with Gasteiger partial charge in [0.05, 0.1) is 6.61 Å². The third-order valence-electron chi connectivity index (χ3n) is 2.57. The summed E-state index contributed by atoms with van der Waals surface area (Å²) in [5.41, 5.74) is 1.03. The number of hydrogen-bond acceptors (Lipinski definition) is 2. The number of benzene rings is 1.